The highest BCUT2D eigenvalue weighted by Crippen LogP contribution is 2.37. The Balaban J connectivity index is 2.05. The van der Waals surface area contributed by atoms with Crippen molar-refractivity contribution in [2.24, 2.45) is 0 Å². The number of fused-ring (bicyclic) bond motifs is 1. The van der Waals surface area contributed by atoms with Gasteiger partial charge in [-0.1, -0.05) is 44.7 Å². The molecule has 1 aromatic rings. The fourth-order valence-electron chi connectivity index (χ4n) is 2.38. The van der Waals surface area contributed by atoms with Gasteiger partial charge in [-0.25, -0.2) is 4.39 Å². The first-order valence-electron chi connectivity index (χ1n) is 6.33. The number of hydrogen-bond donors (Lipinski definition) is 1. The average Bonchev–Trinajstić information content (AvgIpc) is 2.63. The number of halogens is 1. The summed E-state index contributed by atoms with van der Waals surface area (Å²) in [4.78, 5) is 11.8. The van der Waals surface area contributed by atoms with E-state index >= 15 is 0 Å². The fourth-order valence-corrected chi connectivity index (χ4v) is 2.38. The van der Waals surface area contributed by atoms with Crippen molar-refractivity contribution in [3.63, 3.8) is 0 Å². The van der Waals surface area contributed by atoms with E-state index < -0.39 is 0 Å². The van der Waals surface area contributed by atoms with E-state index in [0.717, 1.165) is 24.8 Å². The van der Waals surface area contributed by atoms with Crippen molar-refractivity contribution in [1.82, 2.24) is 0 Å². The second kappa shape index (κ2) is 5.30. The van der Waals surface area contributed by atoms with Crippen molar-refractivity contribution < 1.29 is 9.18 Å². The summed E-state index contributed by atoms with van der Waals surface area (Å²) in [5.74, 6) is -0.536. The molecule has 0 saturated heterocycles. The molecule has 0 spiro atoms. The van der Waals surface area contributed by atoms with Crippen LogP contribution in [0.4, 0.5) is 10.1 Å². The maximum Gasteiger partial charge on any atom is 0.232 e. The third kappa shape index (κ3) is 2.48. The molecule has 1 heterocycles. The van der Waals surface area contributed by atoms with E-state index in [1.54, 1.807) is 6.07 Å². The maximum absolute atomic E-state index is 13.5. The SMILES string of the molecule is CCCCCCC1C(=O)Nc2c(F)cccc21. The second-order valence-electron chi connectivity index (χ2n) is 4.60. The highest BCUT2D eigenvalue weighted by molar-refractivity contribution is 6.02. The van der Waals surface area contributed by atoms with Crippen LogP contribution in [0.5, 0.6) is 0 Å². The molecule has 1 aromatic carbocycles. The molecular formula is C14H18FNO. The molecule has 2 nitrogen and oxygen atoms in total. The number of benzene rings is 1. The molecule has 0 aliphatic carbocycles. The van der Waals surface area contributed by atoms with Gasteiger partial charge in [-0.15, -0.1) is 0 Å². The van der Waals surface area contributed by atoms with Crippen molar-refractivity contribution in [3.8, 4) is 0 Å². The van der Waals surface area contributed by atoms with Gasteiger partial charge in [0.15, 0.2) is 0 Å². The summed E-state index contributed by atoms with van der Waals surface area (Å²) in [6, 6.07) is 4.91. The molecule has 1 atom stereocenters. The summed E-state index contributed by atoms with van der Waals surface area (Å²) in [6.07, 6.45) is 5.38. The van der Waals surface area contributed by atoms with Crippen LogP contribution in [0.15, 0.2) is 18.2 Å². The van der Waals surface area contributed by atoms with Crippen molar-refractivity contribution in [1.29, 1.82) is 0 Å². The number of hydrogen-bond acceptors (Lipinski definition) is 1. The lowest BCUT2D eigenvalue weighted by Crippen LogP contribution is -2.12. The normalized spacial score (nSPS) is 18.0. The molecule has 17 heavy (non-hydrogen) atoms. The largest absolute Gasteiger partial charge is 0.323 e. The molecule has 0 fully saturated rings. The summed E-state index contributed by atoms with van der Waals surface area (Å²) in [5.41, 5.74) is 1.21. The zero-order chi connectivity index (χ0) is 12.3. The lowest BCUT2D eigenvalue weighted by molar-refractivity contribution is -0.117. The number of para-hydroxylation sites is 1. The Morgan fingerprint density at radius 3 is 2.88 bits per heavy atom. The molecule has 0 bridgehead atoms. The second-order valence-corrected chi connectivity index (χ2v) is 4.60. The molecule has 0 radical (unpaired) electrons. The van der Waals surface area contributed by atoms with Gasteiger partial charge in [0.1, 0.15) is 5.82 Å². The molecule has 0 aromatic heterocycles. The van der Waals surface area contributed by atoms with Crippen LogP contribution >= 0.6 is 0 Å². The number of carbonyl (C=O) groups excluding carboxylic acids is 1. The predicted octanol–water partition coefficient (Wildman–Crippen LogP) is 3.83. The minimum atomic E-state index is -0.327. The Bertz CT molecular complexity index is 417. The highest BCUT2D eigenvalue weighted by Gasteiger charge is 2.31. The molecule has 2 rings (SSSR count). The summed E-state index contributed by atoms with van der Waals surface area (Å²) >= 11 is 0. The Morgan fingerprint density at radius 2 is 2.12 bits per heavy atom. The number of amides is 1. The first-order valence-corrected chi connectivity index (χ1v) is 6.33. The number of rotatable bonds is 5. The number of unbranched alkanes of at least 4 members (excludes halogenated alkanes) is 3. The number of anilines is 1. The van der Waals surface area contributed by atoms with Gasteiger partial charge in [0.25, 0.3) is 0 Å². The zero-order valence-electron chi connectivity index (χ0n) is 10.1. The van der Waals surface area contributed by atoms with Gasteiger partial charge in [-0.3, -0.25) is 4.79 Å². The third-order valence-corrected chi connectivity index (χ3v) is 3.33. The van der Waals surface area contributed by atoms with Gasteiger partial charge in [-0.05, 0) is 18.1 Å². The van der Waals surface area contributed by atoms with E-state index in [0.29, 0.717) is 5.69 Å². The van der Waals surface area contributed by atoms with Gasteiger partial charge < -0.3 is 5.32 Å². The van der Waals surface area contributed by atoms with Crippen LogP contribution in [0, 0.1) is 5.82 Å². The Labute approximate surface area is 101 Å². The van der Waals surface area contributed by atoms with Crippen LogP contribution in [0.2, 0.25) is 0 Å². The summed E-state index contributed by atoms with van der Waals surface area (Å²) in [6.45, 7) is 2.16. The average molecular weight is 235 g/mol. The van der Waals surface area contributed by atoms with Crippen molar-refractivity contribution >= 4 is 11.6 Å². The minimum absolute atomic E-state index is 0.0541. The lowest BCUT2D eigenvalue weighted by Gasteiger charge is -2.08. The summed E-state index contributed by atoms with van der Waals surface area (Å²) in [5, 5.41) is 2.64. The Kier molecular flexibility index (Phi) is 3.77. The molecule has 1 N–H and O–H groups in total. The monoisotopic (exact) mass is 235 g/mol. The van der Waals surface area contributed by atoms with Gasteiger partial charge in [0.2, 0.25) is 5.91 Å². The predicted molar refractivity (Wildman–Crippen MR) is 66.5 cm³/mol. The van der Waals surface area contributed by atoms with E-state index in [9.17, 15) is 9.18 Å². The molecule has 1 unspecified atom stereocenters. The first-order chi connectivity index (χ1) is 8.24. The molecule has 1 aliphatic heterocycles. The van der Waals surface area contributed by atoms with Crippen LogP contribution in [0.3, 0.4) is 0 Å². The van der Waals surface area contributed by atoms with Crippen LogP contribution in [-0.2, 0) is 4.79 Å². The van der Waals surface area contributed by atoms with E-state index in [-0.39, 0.29) is 17.6 Å². The molecule has 0 saturated carbocycles. The van der Waals surface area contributed by atoms with Crippen molar-refractivity contribution in [2.75, 3.05) is 5.32 Å². The minimum Gasteiger partial charge on any atom is -0.323 e. The Morgan fingerprint density at radius 1 is 1.29 bits per heavy atom. The summed E-state index contributed by atoms with van der Waals surface area (Å²) < 4.78 is 13.5. The topological polar surface area (TPSA) is 29.1 Å². The third-order valence-electron chi connectivity index (χ3n) is 3.33. The van der Waals surface area contributed by atoms with Crippen LogP contribution in [-0.4, -0.2) is 5.91 Å². The van der Waals surface area contributed by atoms with Gasteiger partial charge in [-0.2, -0.15) is 0 Å². The standard InChI is InChI=1S/C14H18FNO/c1-2-3-4-5-7-11-10-8-6-9-12(15)13(10)16-14(11)17/h6,8-9,11H,2-5,7H2,1H3,(H,16,17). The number of carbonyl (C=O) groups is 1. The van der Waals surface area contributed by atoms with Crippen LogP contribution in [0.25, 0.3) is 0 Å². The van der Waals surface area contributed by atoms with Gasteiger partial charge in [0.05, 0.1) is 11.6 Å². The van der Waals surface area contributed by atoms with E-state index in [2.05, 4.69) is 12.2 Å². The van der Waals surface area contributed by atoms with E-state index in [1.807, 2.05) is 6.07 Å². The molecular weight excluding hydrogens is 217 g/mol. The van der Waals surface area contributed by atoms with Crippen molar-refractivity contribution in [3.05, 3.63) is 29.6 Å². The number of nitrogens with one attached hydrogen (secondary N) is 1. The Hall–Kier alpha value is -1.38. The zero-order valence-corrected chi connectivity index (χ0v) is 10.1. The lowest BCUT2D eigenvalue weighted by atomic mass is 9.94. The molecule has 1 aliphatic rings. The maximum atomic E-state index is 13.5. The first kappa shape index (κ1) is 12.1. The molecule has 1 amide bonds. The van der Waals surface area contributed by atoms with Crippen molar-refractivity contribution in [2.45, 2.75) is 44.9 Å². The molecule has 92 valence electrons. The van der Waals surface area contributed by atoms with Gasteiger partial charge >= 0.3 is 0 Å². The van der Waals surface area contributed by atoms with Crippen LogP contribution < -0.4 is 5.32 Å². The smallest absolute Gasteiger partial charge is 0.232 e. The highest BCUT2D eigenvalue weighted by atomic mass is 19.1. The van der Waals surface area contributed by atoms with Gasteiger partial charge in [0, 0.05) is 0 Å². The van der Waals surface area contributed by atoms with Crippen LogP contribution in [0.1, 0.15) is 50.5 Å². The quantitative estimate of drug-likeness (QED) is 0.772. The molecule has 3 heteroatoms. The summed E-state index contributed by atoms with van der Waals surface area (Å²) in [7, 11) is 0. The van der Waals surface area contributed by atoms with E-state index in [1.165, 1.54) is 18.9 Å². The fraction of sp³-hybridized carbons (Fsp3) is 0.500. The van der Waals surface area contributed by atoms with E-state index in [4.69, 9.17) is 0 Å².